The molecule has 1 N–H and O–H groups in total. The molecule has 0 aliphatic heterocycles. The number of hydrogen-bond acceptors (Lipinski definition) is 2. The Kier molecular flexibility index (Phi) is 2.39. The number of ketones is 1. The third-order valence-electron chi connectivity index (χ3n) is 2.92. The van der Waals surface area contributed by atoms with Crippen LogP contribution in [0.5, 0.6) is 0 Å². The molecular weight excluding hydrogens is 188 g/mol. The van der Waals surface area contributed by atoms with E-state index in [-0.39, 0.29) is 5.78 Å². The van der Waals surface area contributed by atoms with E-state index in [0.717, 1.165) is 12.8 Å². The first-order valence-electron chi connectivity index (χ1n) is 5.37. The number of Topliss-reactive ketones (excluding diaryl/α,β-unsaturated/α-hetero) is 1. The van der Waals surface area contributed by atoms with Crippen molar-refractivity contribution in [1.82, 2.24) is 0 Å². The molecule has 2 heteroatoms. The molecule has 2 nitrogen and oxygen atoms in total. The van der Waals surface area contributed by atoms with Crippen molar-refractivity contribution in [2.24, 2.45) is 0 Å². The Morgan fingerprint density at radius 1 is 1.27 bits per heavy atom. The van der Waals surface area contributed by atoms with Crippen LogP contribution >= 0.6 is 0 Å². The van der Waals surface area contributed by atoms with Gasteiger partial charge in [0.15, 0.2) is 5.78 Å². The monoisotopic (exact) mass is 204 g/mol. The normalized spacial score (nSPS) is 15.1. The third-order valence-corrected chi connectivity index (χ3v) is 2.92. The zero-order valence-corrected chi connectivity index (χ0v) is 9.21. The molecule has 0 spiro atoms. The Bertz CT molecular complexity index is 399. The summed E-state index contributed by atoms with van der Waals surface area (Å²) in [6.45, 7) is 3.06. The number of aliphatic hydroxyl groups is 1. The predicted molar refractivity (Wildman–Crippen MR) is 59.1 cm³/mol. The smallest absolute Gasteiger partial charge is 0.193 e. The van der Waals surface area contributed by atoms with E-state index in [4.69, 9.17) is 0 Å². The van der Waals surface area contributed by atoms with Crippen LogP contribution in [0.4, 0.5) is 0 Å². The van der Waals surface area contributed by atoms with Gasteiger partial charge in [0.1, 0.15) is 5.60 Å². The summed E-state index contributed by atoms with van der Waals surface area (Å²) in [5.41, 5.74) is 1.97. The molecule has 0 aromatic heterocycles. The molecule has 0 amide bonds. The van der Waals surface area contributed by atoms with E-state index >= 15 is 0 Å². The van der Waals surface area contributed by atoms with Crippen molar-refractivity contribution >= 4 is 5.78 Å². The second-order valence-electron chi connectivity index (χ2n) is 4.73. The number of carbonyl (C=O) groups is 1. The lowest BCUT2D eigenvalue weighted by Crippen LogP contribution is -2.31. The first-order chi connectivity index (χ1) is 6.98. The van der Waals surface area contributed by atoms with E-state index in [2.05, 4.69) is 0 Å². The van der Waals surface area contributed by atoms with Gasteiger partial charge in [0, 0.05) is 5.56 Å². The van der Waals surface area contributed by atoms with Gasteiger partial charge >= 0.3 is 0 Å². The van der Waals surface area contributed by atoms with Crippen molar-refractivity contribution in [3.63, 3.8) is 0 Å². The average Bonchev–Trinajstić information content (AvgIpc) is 2.61. The number of aryl methyl sites for hydroxylation is 2. The molecule has 1 aliphatic rings. The highest BCUT2D eigenvalue weighted by atomic mass is 16.3. The molecule has 0 heterocycles. The molecule has 15 heavy (non-hydrogen) atoms. The van der Waals surface area contributed by atoms with Gasteiger partial charge < -0.3 is 5.11 Å². The number of hydrogen-bond donors (Lipinski definition) is 1. The van der Waals surface area contributed by atoms with Crippen LogP contribution in [0.3, 0.4) is 0 Å². The maximum Gasteiger partial charge on any atom is 0.193 e. The van der Waals surface area contributed by atoms with Gasteiger partial charge in [-0.15, -0.1) is 0 Å². The number of benzene rings is 1. The first-order valence-corrected chi connectivity index (χ1v) is 5.37. The summed E-state index contributed by atoms with van der Waals surface area (Å²) in [7, 11) is 0. The van der Waals surface area contributed by atoms with Crippen molar-refractivity contribution < 1.29 is 9.90 Å². The molecule has 0 saturated heterocycles. The highest BCUT2D eigenvalue weighted by molar-refractivity contribution is 6.01. The summed E-state index contributed by atoms with van der Waals surface area (Å²) in [5.74, 6) is -0.197. The Labute approximate surface area is 89.9 Å². The van der Waals surface area contributed by atoms with E-state index in [1.54, 1.807) is 0 Å². The van der Waals surface area contributed by atoms with Crippen LogP contribution in [-0.4, -0.2) is 16.5 Å². The van der Waals surface area contributed by atoms with Gasteiger partial charge in [-0.05, 0) is 50.3 Å². The molecule has 1 aromatic carbocycles. The first kappa shape index (κ1) is 10.4. The molecule has 0 fully saturated rings. The lowest BCUT2D eigenvalue weighted by molar-refractivity contribution is 0.0488. The zero-order valence-electron chi connectivity index (χ0n) is 9.21. The second-order valence-corrected chi connectivity index (χ2v) is 4.73. The van der Waals surface area contributed by atoms with Crippen LogP contribution in [0.2, 0.25) is 0 Å². The van der Waals surface area contributed by atoms with Gasteiger partial charge in [-0.25, -0.2) is 0 Å². The Balaban J connectivity index is 2.35. The van der Waals surface area contributed by atoms with Gasteiger partial charge in [0.25, 0.3) is 0 Å². The minimum absolute atomic E-state index is 0.197. The molecule has 1 aliphatic carbocycles. The highest BCUT2D eigenvalue weighted by Crippen LogP contribution is 2.24. The largest absolute Gasteiger partial charge is 0.382 e. The Morgan fingerprint density at radius 3 is 2.60 bits per heavy atom. The SMILES string of the molecule is CC(C)(O)C(=O)c1ccc2c(c1)CCC2. The summed E-state index contributed by atoms with van der Waals surface area (Å²) >= 11 is 0. The zero-order chi connectivity index (χ0) is 11.1. The lowest BCUT2D eigenvalue weighted by atomic mass is 9.94. The number of fused-ring (bicyclic) bond motifs is 1. The third kappa shape index (κ3) is 1.95. The van der Waals surface area contributed by atoms with E-state index < -0.39 is 5.60 Å². The van der Waals surface area contributed by atoms with Crippen LogP contribution in [0.1, 0.15) is 41.8 Å². The van der Waals surface area contributed by atoms with Crippen LogP contribution in [0.15, 0.2) is 18.2 Å². The minimum atomic E-state index is -1.27. The van der Waals surface area contributed by atoms with Crippen LogP contribution in [0, 0.1) is 0 Å². The van der Waals surface area contributed by atoms with Crippen LogP contribution in [-0.2, 0) is 12.8 Å². The minimum Gasteiger partial charge on any atom is -0.382 e. The molecule has 0 radical (unpaired) electrons. The lowest BCUT2D eigenvalue weighted by Gasteiger charge is -2.16. The average molecular weight is 204 g/mol. The van der Waals surface area contributed by atoms with Crippen molar-refractivity contribution in [2.75, 3.05) is 0 Å². The van der Waals surface area contributed by atoms with Crippen molar-refractivity contribution in [3.8, 4) is 0 Å². The molecule has 0 saturated carbocycles. The van der Waals surface area contributed by atoms with Crippen molar-refractivity contribution in [3.05, 3.63) is 34.9 Å². The summed E-state index contributed by atoms with van der Waals surface area (Å²) < 4.78 is 0. The summed E-state index contributed by atoms with van der Waals surface area (Å²) in [6, 6.07) is 5.77. The molecule has 0 atom stereocenters. The molecule has 0 bridgehead atoms. The van der Waals surface area contributed by atoms with E-state index in [9.17, 15) is 9.90 Å². The van der Waals surface area contributed by atoms with Gasteiger partial charge in [0.2, 0.25) is 0 Å². The fraction of sp³-hybridized carbons (Fsp3) is 0.462. The van der Waals surface area contributed by atoms with Crippen LogP contribution in [0.25, 0.3) is 0 Å². The molecule has 80 valence electrons. The fourth-order valence-electron chi connectivity index (χ4n) is 2.07. The van der Waals surface area contributed by atoms with E-state index in [1.165, 1.54) is 31.4 Å². The van der Waals surface area contributed by atoms with Crippen molar-refractivity contribution in [1.29, 1.82) is 0 Å². The Morgan fingerprint density at radius 2 is 1.93 bits per heavy atom. The predicted octanol–water partition coefficient (Wildman–Crippen LogP) is 2.13. The second kappa shape index (κ2) is 3.46. The maximum atomic E-state index is 11.8. The van der Waals surface area contributed by atoms with Gasteiger partial charge in [-0.2, -0.15) is 0 Å². The van der Waals surface area contributed by atoms with Gasteiger partial charge in [-0.1, -0.05) is 12.1 Å². The number of carbonyl (C=O) groups excluding carboxylic acids is 1. The topological polar surface area (TPSA) is 37.3 Å². The Hall–Kier alpha value is -1.15. The quantitative estimate of drug-likeness (QED) is 0.749. The number of rotatable bonds is 2. The van der Waals surface area contributed by atoms with Gasteiger partial charge in [0.05, 0.1) is 0 Å². The molecule has 1 aromatic rings. The highest BCUT2D eigenvalue weighted by Gasteiger charge is 2.26. The maximum absolute atomic E-state index is 11.8. The van der Waals surface area contributed by atoms with E-state index in [1.807, 2.05) is 18.2 Å². The van der Waals surface area contributed by atoms with E-state index in [0.29, 0.717) is 5.56 Å². The summed E-state index contributed by atoms with van der Waals surface area (Å²) in [5, 5.41) is 9.64. The fourth-order valence-corrected chi connectivity index (χ4v) is 2.07. The summed E-state index contributed by atoms with van der Waals surface area (Å²) in [4.78, 5) is 11.8. The molecule has 2 rings (SSSR count). The van der Waals surface area contributed by atoms with Gasteiger partial charge in [-0.3, -0.25) is 4.79 Å². The van der Waals surface area contributed by atoms with Crippen molar-refractivity contribution in [2.45, 2.75) is 38.7 Å². The summed E-state index contributed by atoms with van der Waals surface area (Å²) in [6.07, 6.45) is 3.35. The molecular formula is C13H16O2. The molecule has 0 unspecified atom stereocenters. The van der Waals surface area contributed by atoms with Crippen LogP contribution < -0.4 is 0 Å². The standard InChI is InChI=1S/C13H16O2/c1-13(2,15)12(14)11-7-6-9-4-3-5-10(9)8-11/h6-8,15H,3-5H2,1-2H3.